The van der Waals surface area contributed by atoms with Crippen molar-refractivity contribution < 1.29 is 9.90 Å². The average Bonchev–Trinajstić information content (AvgIpc) is 2.28. The van der Waals surface area contributed by atoms with Crippen molar-refractivity contribution in [2.24, 2.45) is 17.5 Å². The van der Waals surface area contributed by atoms with Gasteiger partial charge in [0.15, 0.2) is 0 Å². The zero-order valence-corrected chi connectivity index (χ0v) is 8.98. The van der Waals surface area contributed by atoms with Gasteiger partial charge in [0.1, 0.15) is 6.10 Å². The molecule has 6 N–H and O–H groups in total. The maximum absolute atomic E-state index is 11.0. The van der Waals surface area contributed by atoms with Gasteiger partial charge < -0.3 is 10.8 Å². The Labute approximate surface area is 90.2 Å². The first-order valence-corrected chi connectivity index (χ1v) is 5.59. The number of nitrogens with two attached hydrogens (primary N) is 2. The monoisotopic (exact) mass is 215 g/mol. The Morgan fingerprint density at radius 1 is 1.40 bits per heavy atom. The molecule has 1 amide bonds. The number of carbonyl (C=O) groups excluding carboxylic acids is 1. The molecule has 1 aliphatic rings. The summed E-state index contributed by atoms with van der Waals surface area (Å²) in [6.45, 7) is 0. The van der Waals surface area contributed by atoms with Gasteiger partial charge in [-0.15, -0.1) is 0 Å². The van der Waals surface area contributed by atoms with Gasteiger partial charge in [0.25, 0.3) is 5.91 Å². The SMILES string of the molecule is NNC(=O)[C@@H](O)[C@H](N)CC1CCCCC1. The molecule has 0 radical (unpaired) electrons. The van der Waals surface area contributed by atoms with E-state index in [4.69, 9.17) is 11.6 Å². The molecular formula is C10H21N3O2. The molecule has 1 saturated carbocycles. The molecule has 1 fully saturated rings. The minimum Gasteiger partial charge on any atom is -0.382 e. The van der Waals surface area contributed by atoms with Crippen LogP contribution in [0.2, 0.25) is 0 Å². The molecule has 0 bridgehead atoms. The van der Waals surface area contributed by atoms with Crippen molar-refractivity contribution in [3.63, 3.8) is 0 Å². The molecule has 2 atom stereocenters. The van der Waals surface area contributed by atoms with Crippen LogP contribution in [-0.4, -0.2) is 23.2 Å². The predicted molar refractivity (Wildman–Crippen MR) is 57.5 cm³/mol. The molecule has 5 heteroatoms. The molecule has 0 unspecified atom stereocenters. The number of nitrogens with one attached hydrogen (secondary N) is 1. The highest BCUT2D eigenvalue weighted by Gasteiger charge is 2.25. The van der Waals surface area contributed by atoms with Gasteiger partial charge in [-0.25, -0.2) is 5.84 Å². The Morgan fingerprint density at radius 3 is 2.53 bits per heavy atom. The van der Waals surface area contributed by atoms with Crippen LogP contribution in [0.5, 0.6) is 0 Å². The molecule has 0 aromatic carbocycles. The number of hydrogen-bond donors (Lipinski definition) is 4. The second-order valence-corrected chi connectivity index (χ2v) is 4.36. The summed E-state index contributed by atoms with van der Waals surface area (Å²) < 4.78 is 0. The van der Waals surface area contributed by atoms with Crippen LogP contribution in [0.15, 0.2) is 0 Å². The summed E-state index contributed by atoms with van der Waals surface area (Å²) in [6.07, 6.45) is 5.59. The van der Waals surface area contributed by atoms with E-state index in [1.165, 1.54) is 19.3 Å². The number of hydrazine groups is 1. The first-order valence-electron chi connectivity index (χ1n) is 5.59. The normalized spacial score (nSPS) is 22.1. The van der Waals surface area contributed by atoms with Gasteiger partial charge in [-0.3, -0.25) is 10.2 Å². The average molecular weight is 215 g/mol. The Balaban J connectivity index is 2.32. The highest BCUT2D eigenvalue weighted by Crippen LogP contribution is 2.27. The molecule has 0 aromatic heterocycles. The number of aliphatic hydroxyl groups excluding tert-OH is 1. The van der Waals surface area contributed by atoms with Gasteiger partial charge in [0.2, 0.25) is 0 Å². The molecule has 15 heavy (non-hydrogen) atoms. The van der Waals surface area contributed by atoms with E-state index >= 15 is 0 Å². The lowest BCUT2D eigenvalue weighted by atomic mass is 9.84. The first-order chi connectivity index (χ1) is 7.15. The van der Waals surface area contributed by atoms with Crippen molar-refractivity contribution in [3.05, 3.63) is 0 Å². The minimum absolute atomic E-state index is 0.503. The van der Waals surface area contributed by atoms with E-state index in [0.29, 0.717) is 12.3 Å². The fourth-order valence-corrected chi connectivity index (χ4v) is 2.22. The molecule has 0 aromatic rings. The molecular weight excluding hydrogens is 194 g/mol. The fraction of sp³-hybridized carbons (Fsp3) is 0.900. The van der Waals surface area contributed by atoms with Crippen LogP contribution in [-0.2, 0) is 4.79 Å². The number of amides is 1. The van der Waals surface area contributed by atoms with Crippen molar-refractivity contribution in [1.29, 1.82) is 0 Å². The lowest BCUT2D eigenvalue weighted by Gasteiger charge is -2.26. The van der Waals surface area contributed by atoms with Gasteiger partial charge in [0, 0.05) is 6.04 Å². The summed E-state index contributed by atoms with van der Waals surface area (Å²) in [6, 6.07) is -0.503. The molecule has 1 aliphatic carbocycles. The summed E-state index contributed by atoms with van der Waals surface area (Å²) in [7, 11) is 0. The van der Waals surface area contributed by atoms with Gasteiger partial charge in [0.05, 0.1) is 0 Å². The van der Waals surface area contributed by atoms with Crippen LogP contribution in [0, 0.1) is 5.92 Å². The fourth-order valence-electron chi connectivity index (χ4n) is 2.22. The van der Waals surface area contributed by atoms with Crippen molar-refractivity contribution in [1.82, 2.24) is 5.43 Å². The Morgan fingerprint density at radius 2 is 2.00 bits per heavy atom. The smallest absolute Gasteiger partial charge is 0.264 e. The minimum atomic E-state index is -1.18. The summed E-state index contributed by atoms with van der Waals surface area (Å²) in [5, 5.41) is 9.50. The van der Waals surface area contributed by atoms with Crippen LogP contribution in [0.4, 0.5) is 0 Å². The second-order valence-electron chi connectivity index (χ2n) is 4.36. The number of aliphatic hydroxyl groups is 1. The van der Waals surface area contributed by atoms with E-state index in [9.17, 15) is 9.90 Å². The first kappa shape index (κ1) is 12.4. The zero-order chi connectivity index (χ0) is 11.3. The third-order valence-electron chi connectivity index (χ3n) is 3.15. The molecule has 0 spiro atoms. The summed E-state index contributed by atoms with van der Waals surface area (Å²) in [4.78, 5) is 11.0. The maximum atomic E-state index is 11.0. The van der Waals surface area contributed by atoms with Crippen LogP contribution < -0.4 is 17.0 Å². The third-order valence-corrected chi connectivity index (χ3v) is 3.15. The van der Waals surface area contributed by atoms with E-state index in [0.717, 1.165) is 12.8 Å². The summed E-state index contributed by atoms with van der Waals surface area (Å²) in [5.41, 5.74) is 7.67. The van der Waals surface area contributed by atoms with Crippen LogP contribution >= 0.6 is 0 Å². The van der Waals surface area contributed by atoms with Crippen molar-refractivity contribution >= 4 is 5.91 Å². The topological polar surface area (TPSA) is 101 Å². The Bertz CT molecular complexity index is 205. The standard InChI is InChI=1S/C10H21N3O2/c11-8(9(14)10(15)13-12)6-7-4-2-1-3-5-7/h7-9,14H,1-6,11-12H2,(H,13,15)/t8-,9+/m1/s1. The predicted octanol–water partition coefficient (Wildman–Crippen LogP) is -0.365. The highest BCUT2D eigenvalue weighted by atomic mass is 16.3. The number of rotatable bonds is 4. The molecule has 88 valence electrons. The highest BCUT2D eigenvalue weighted by molar-refractivity contribution is 5.80. The summed E-state index contributed by atoms with van der Waals surface area (Å²) in [5.74, 6) is 4.88. The van der Waals surface area contributed by atoms with Crippen LogP contribution in [0.1, 0.15) is 38.5 Å². The number of carbonyl (C=O) groups is 1. The molecule has 0 aliphatic heterocycles. The lowest BCUT2D eigenvalue weighted by Crippen LogP contribution is -2.49. The molecule has 0 heterocycles. The summed E-state index contributed by atoms with van der Waals surface area (Å²) >= 11 is 0. The van der Waals surface area contributed by atoms with E-state index in [2.05, 4.69) is 0 Å². The van der Waals surface area contributed by atoms with Gasteiger partial charge in [-0.1, -0.05) is 32.1 Å². The van der Waals surface area contributed by atoms with Crippen molar-refractivity contribution in [3.8, 4) is 0 Å². The molecule has 1 rings (SSSR count). The second kappa shape index (κ2) is 6.05. The molecule has 5 nitrogen and oxygen atoms in total. The Kier molecular flexibility index (Phi) is 5.01. The lowest BCUT2D eigenvalue weighted by molar-refractivity contribution is -0.130. The van der Waals surface area contributed by atoms with E-state index in [-0.39, 0.29) is 0 Å². The zero-order valence-electron chi connectivity index (χ0n) is 8.98. The van der Waals surface area contributed by atoms with Crippen molar-refractivity contribution in [2.45, 2.75) is 50.7 Å². The van der Waals surface area contributed by atoms with E-state index < -0.39 is 18.1 Å². The van der Waals surface area contributed by atoms with Crippen LogP contribution in [0.25, 0.3) is 0 Å². The van der Waals surface area contributed by atoms with Crippen molar-refractivity contribution in [2.75, 3.05) is 0 Å². The van der Waals surface area contributed by atoms with Gasteiger partial charge in [-0.05, 0) is 12.3 Å². The van der Waals surface area contributed by atoms with Gasteiger partial charge >= 0.3 is 0 Å². The Hall–Kier alpha value is -0.650. The van der Waals surface area contributed by atoms with Crippen LogP contribution in [0.3, 0.4) is 0 Å². The third kappa shape index (κ3) is 3.77. The van der Waals surface area contributed by atoms with E-state index in [1.807, 2.05) is 5.43 Å². The maximum Gasteiger partial charge on any atom is 0.264 e. The largest absolute Gasteiger partial charge is 0.382 e. The quantitative estimate of drug-likeness (QED) is 0.292. The van der Waals surface area contributed by atoms with E-state index in [1.54, 1.807) is 0 Å². The number of hydrogen-bond acceptors (Lipinski definition) is 4. The molecule has 0 saturated heterocycles. The van der Waals surface area contributed by atoms with Gasteiger partial charge in [-0.2, -0.15) is 0 Å².